The fourth-order valence-electron chi connectivity index (χ4n) is 5.11. The summed E-state index contributed by atoms with van der Waals surface area (Å²) >= 11 is 0. The summed E-state index contributed by atoms with van der Waals surface area (Å²) in [4.78, 5) is 48.0. The molecule has 10 heteroatoms. The van der Waals surface area contributed by atoms with Gasteiger partial charge >= 0.3 is 6.09 Å². The van der Waals surface area contributed by atoms with Gasteiger partial charge in [0.05, 0.1) is 23.2 Å². The summed E-state index contributed by atoms with van der Waals surface area (Å²) in [6, 6.07) is 17.5. The fraction of sp³-hybridized carbons (Fsp3) is 0.233. The minimum atomic E-state index is -1.19. The molecule has 3 heterocycles. The van der Waals surface area contributed by atoms with E-state index in [-0.39, 0.29) is 6.42 Å². The third kappa shape index (κ3) is 5.28. The van der Waals surface area contributed by atoms with Crippen molar-refractivity contribution in [3.05, 3.63) is 83.6 Å². The van der Waals surface area contributed by atoms with Gasteiger partial charge in [-0.05, 0) is 63.4 Å². The van der Waals surface area contributed by atoms with Crippen LogP contribution in [0.15, 0.2) is 72.0 Å². The van der Waals surface area contributed by atoms with Gasteiger partial charge in [0.25, 0.3) is 5.91 Å². The van der Waals surface area contributed by atoms with Crippen LogP contribution in [0.2, 0.25) is 0 Å². The molecule has 1 aliphatic rings. The molecule has 2 aromatic carbocycles. The molecule has 204 valence electrons. The Labute approximate surface area is 231 Å². The van der Waals surface area contributed by atoms with Crippen LogP contribution in [-0.2, 0) is 11.2 Å². The third-order valence-electron chi connectivity index (χ3n) is 6.82. The highest BCUT2D eigenvalue weighted by Crippen LogP contribution is 2.34. The molecule has 0 saturated heterocycles. The second kappa shape index (κ2) is 10.6. The molecule has 4 N–H and O–H groups in total. The normalized spacial score (nSPS) is 13.4. The zero-order valence-corrected chi connectivity index (χ0v) is 22.4. The van der Waals surface area contributed by atoms with Crippen molar-refractivity contribution in [2.24, 2.45) is 5.10 Å². The van der Waals surface area contributed by atoms with Gasteiger partial charge in [0, 0.05) is 33.9 Å². The van der Waals surface area contributed by atoms with Crippen LogP contribution >= 0.6 is 0 Å². The highest BCUT2D eigenvalue weighted by Gasteiger charge is 2.37. The molecular formula is C30H30N6O4. The highest BCUT2D eigenvalue weighted by atomic mass is 16.4. The predicted octanol–water partition coefficient (Wildman–Crippen LogP) is 5.03. The van der Waals surface area contributed by atoms with Gasteiger partial charge in [0.2, 0.25) is 5.91 Å². The quantitative estimate of drug-likeness (QED) is 0.261. The van der Waals surface area contributed by atoms with E-state index in [0.717, 1.165) is 5.56 Å². The monoisotopic (exact) mass is 538 g/mol. The molecule has 2 aromatic heterocycles. The van der Waals surface area contributed by atoms with Gasteiger partial charge < -0.3 is 15.4 Å². The van der Waals surface area contributed by atoms with Crippen LogP contribution in [0, 0.1) is 0 Å². The summed E-state index contributed by atoms with van der Waals surface area (Å²) < 4.78 is 0. The number of benzene rings is 2. The maximum absolute atomic E-state index is 13.8. The van der Waals surface area contributed by atoms with E-state index in [1.807, 2.05) is 48.5 Å². The first-order valence-electron chi connectivity index (χ1n) is 12.9. The average molecular weight is 539 g/mol. The minimum absolute atomic E-state index is 0.277. The second-order valence-electron chi connectivity index (χ2n) is 10.6. The molecule has 4 aromatic rings. The summed E-state index contributed by atoms with van der Waals surface area (Å²) in [6.07, 6.45) is 2.85. The lowest BCUT2D eigenvalue weighted by molar-refractivity contribution is -0.122. The largest absolute Gasteiger partial charge is 0.465 e. The molecule has 0 unspecified atom stereocenters. The smallest absolute Gasteiger partial charge is 0.408 e. The molecule has 1 aliphatic heterocycles. The van der Waals surface area contributed by atoms with Crippen molar-refractivity contribution in [3.8, 4) is 11.4 Å². The van der Waals surface area contributed by atoms with E-state index < -0.39 is 29.5 Å². The van der Waals surface area contributed by atoms with Crippen LogP contribution in [-0.4, -0.2) is 55.7 Å². The topological polar surface area (TPSA) is 140 Å². The van der Waals surface area contributed by atoms with Gasteiger partial charge in [-0.3, -0.25) is 19.5 Å². The van der Waals surface area contributed by atoms with Crippen LogP contribution in [0.5, 0.6) is 0 Å². The number of carboxylic acid groups (broad SMARTS) is 1. The van der Waals surface area contributed by atoms with Crippen molar-refractivity contribution in [1.29, 1.82) is 0 Å². The molecule has 0 fully saturated rings. The molecule has 10 nitrogen and oxygen atoms in total. The lowest BCUT2D eigenvalue weighted by Gasteiger charge is -2.39. The van der Waals surface area contributed by atoms with E-state index in [9.17, 15) is 19.5 Å². The second-order valence-corrected chi connectivity index (χ2v) is 10.6. The Balaban J connectivity index is 1.53. The number of rotatable bonds is 7. The molecule has 0 saturated carbocycles. The first kappa shape index (κ1) is 26.6. The van der Waals surface area contributed by atoms with Crippen molar-refractivity contribution in [3.63, 3.8) is 0 Å². The molecule has 40 heavy (non-hydrogen) atoms. The zero-order valence-electron chi connectivity index (χ0n) is 22.4. The number of hydrogen-bond donors (Lipinski definition) is 4. The van der Waals surface area contributed by atoms with Gasteiger partial charge in [-0.15, -0.1) is 0 Å². The minimum Gasteiger partial charge on any atom is -0.465 e. The number of carbonyl (C=O) groups excluding carboxylic acids is 2. The summed E-state index contributed by atoms with van der Waals surface area (Å²) in [5, 5.41) is 17.7. The summed E-state index contributed by atoms with van der Waals surface area (Å²) in [7, 11) is 0. The number of aromatic amines is 1. The lowest BCUT2D eigenvalue weighted by Crippen LogP contribution is -2.55. The molecule has 5 rings (SSSR count). The number of aromatic nitrogens is 2. The van der Waals surface area contributed by atoms with Crippen molar-refractivity contribution in [1.82, 2.24) is 20.3 Å². The van der Waals surface area contributed by atoms with E-state index in [1.54, 1.807) is 45.3 Å². The highest BCUT2D eigenvalue weighted by molar-refractivity contribution is 6.18. The third-order valence-corrected chi connectivity index (χ3v) is 6.82. The van der Waals surface area contributed by atoms with Gasteiger partial charge in [-0.25, -0.2) is 10.2 Å². The fourth-order valence-corrected chi connectivity index (χ4v) is 5.11. The summed E-state index contributed by atoms with van der Waals surface area (Å²) in [6.45, 7) is 5.27. The molecule has 3 amide bonds. The number of nitrogens with one attached hydrogen (secondary N) is 3. The van der Waals surface area contributed by atoms with E-state index in [4.69, 9.17) is 0 Å². The number of nitrogens with zero attached hydrogens (tertiary/aromatic N) is 3. The number of carbonyl (C=O) groups is 3. The summed E-state index contributed by atoms with van der Waals surface area (Å²) in [5.74, 6) is -0.910. The Kier molecular flexibility index (Phi) is 7.08. The van der Waals surface area contributed by atoms with E-state index in [2.05, 4.69) is 25.8 Å². The van der Waals surface area contributed by atoms with Gasteiger partial charge in [-0.1, -0.05) is 36.4 Å². The average Bonchev–Trinajstić information content (AvgIpc) is 3.19. The summed E-state index contributed by atoms with van der Waals surface area (Å²) in [5.41, 5.74) is 6.03. The van der Waals surface area contributed by atoms with E-state index >= 15 is 0 Å². The number of pyridine rings is 1. The van der Waals surface area contributed by atoms with E-state index in [0.29, 0.717) is 45.5 Å². The zero-order chi connectivity index (χ0) is 28.4. The number of hydrogen-bond acceptors (Lipinski definition) is 5. The number of anilines is 1. The maximum Gasteiger partial charge on any atom is 0.408 e. The number of amides is 3. The first-order chi connectivity index (χ1) is 19.1. The van der Waals surface area contributed by atoms with Crippen molar-refractivity contribution in [2.45, 2.75) is 45.2 Å². The predicted molar refractivity (Wildman–Crippen MR) is 153 cm³/mol. The first-order valence-corrected chi connectivity index (χ1v) is 12.9. The van der Waals surface area contributed by atoms with Gasteiger partial charge in [-0.2, -0.15) is 5.10 Å². The Morgan fingerprint density at radius 3 is 2.50 bits per heavy atom. The molecule has 0 spiro atoms. The van der Waals surface area contributed by atoms with Crippen LogP contribution in [0.3, 0.4) is 0 Å². The molecule has 0 radical (unpaired) electrons. The number of aryl methyl sites for hydroxylation is 1. The lowest BCUT2D eigenvalue weighted by atomic mass is 9.97. The number of hydrazone groups is 1. The van der Waals surface area contributed by atoms with E-state index in [1.165, 1.54) is 4.90 Å². The van der Waals surface area contributed by atoms with Crippen LogP contribution in [0.1, 0.15) is 48.7 Å². The van der Waals surface area contributed by atoms with Crippen LogP contribution in [0.4, 0.5) is 10.5 Å². The van der Waals surface area contributed by atoms with Crippen molar-refractivity contribution < 1.29 is 19.5 Å². The van der Waals surface area contributed by atoms with Crippen molar-refractivity contribution >= 4 is 40.7 Å². The van der Waals surface area contributed by atoms with Gasteiger partial charge in [0.1, 0.15) is 6.04 Å². The van der Waals surface area contributed by atoms with Gasteiger partial charge in [0.15, 0.2) is 0 Å². The molecule has 1 atom stereocenters. The Morgan fingerprint density at radius 1 is 1.07 bits per heavy atom. The Hall–Kier alpha value is -4.99. The molecular weight excluding hydrogens is 508 g/mol. The molecule has 0 bridgehead atoms. The number of H-pyrrole nitrogens is 1. The SMILES string of the molecule is CC(C)(C)N(C(=O)O)[C@H](CCc1ccccc1)C(=O)Nc1cc2c3c(c(-c4ccccn4)[nH]c3c1)C=NNC2=O. The van der Waals surface area contributed by atoms with Crippen molar-refractivity contribution in [2.75, 3.05) is 5.32 Å². The van der Waals surface area contributed by atoms with Crippen LogP contribution < -0.4 is 10.7 Å². The van der Waals surface area contributed by atoms with Crippen LogP contribution in [0.25, 0.3) is 22.3 Å². The maximum atomic E-state index is 13.8. The Bertz CT molecular complexity index is 1610. The molecule has 0 aliphatic carbocycles. The standard InChI is InChI=1S/C30H30N6O4/c1-30(2,3)36(29(39)40)24(13-12-18-9-5-4-6-10-18)28(38)33-19-15-20-25-21(17-32-35-27(20)37)26(34-23(25)16-19)22-11-7-8-14-31-22/h4-11,14-17,24,34H,12-13H2,1-3H3,(H,33,38)(H,35,37)(H,39,40)/t24-/m1/s1. The Morgan fingerprint density at radius 2 is 1.82 bits per heavy atom.